The third-order valence-electron chi connectivity index (χ3n) is 5.08. The second kappa shape index (κ2) is 14.0. The molecule has 0 aliphatic rings. The quantitative estimate of drug-likeness (QED) is 0.204. The monoisotopic (exact) mass is 443 g/mol. The summed E-state index contributed by atoms with van der Waals surface area (Å²) in [5, 5.41) is 17.2. The molecule has 0 saturated heterocycles. The van der Waals surface area contributed by atoms with Gasteiger partial charge in [0.15, 0.2) is 0 Å². The summed E-state index contributed by atoms with van der Waals surface area (Å²) in [6.07, 6.45) is 1.63. The van der Waals surface area contributed by atoms with Gasteiger partial charge in [0.1, 0.15) is 18.1 Å². The lowest BCUT2D eigenvalue weighted by Crippen LogP contribution is -2.59. The maximum absolute atomic E-state index is 12.9. The highest BCUT2D eigenvalue weighted by Gasteiger charge is 2.32. The van der Waals surface area contributed by atoms with Crippen molar-refractivity contribution in [1.29, 1.82) is 0 Å². The van der Waals surface area contributed by atoms with Crippen molar-refractivity contribution in [3.63, 3.8) is 0 Å². The van der Waals surface area contributed by atoms with Crippen molar-refractivity contribution < 1.29 is 24.3 Å². The summed E-state index contributed by atoms with van der Waals surface area (Å²) in [5.74, 6) is -3.44. The number of carbonyl (C=O) groups is 4. The molecule has 180 valence electrons. The van der Waals surface area contributed by atoms with Crippen LogP contribution in [-0.2, 0) is 19.2 Å². The van der Waals surface area contributed by atoms with Crippen molar-refractivity contribution in [3.05, 3.63) is 0 Å². The molecule has 10 heteroatoms. The number of aliphatic carboxylic acids is 1. The van der Waals surface area contributed by atoms with Crippen molar-refractivity contribution in [2.75, 3.05) is 6.54 Å². The van der Waals surface area contributed by atoms with E-state index in [9.17, 15) is 24.3 Å². The fourth-order valence-corrected chi connectivity index (χ4v) is 2.88. The molecule has 3 amide bonds. The molecule has 0 aromatic heterocycles. The summed E-state index contributed by atoms with van der Waals surface area (Å²) in [5.41, 5.74) is 11.4. The van der Waals surface area contributed by atoms with Gasteiger partial charge in [0.05, 0.1) is 6.04 Å². The van der Waals surface area contributed by atoms with Crippen LogP contribution in [0.1, 0.15) is 60.8 Å². The van der Waals surface area contributed by atoms with E-state index >= 15 is 0 Å². The summed E-state index contributed by atoms with van der Waals surface area (Å²) in [7, 11) is 0. The van der Waals surface area contributed by atoms with Crippen LogP contribution in [0.4, 0.5) is 0 Å². The zero-order valence-electron chi connectivity index (χ0n) is 19.6. The lowest BCUT2D eigenvalue weighted by molar-refractivity contribution is -0.144. The van der Waals surface area contributed by atoms with Gasteiger partial charge in [-0.2, -0.15) is 0 Å². The van der Waals surface area contributed by atoms with Gasteiger partial charge >= 0.3 is 5.97 Å². The second-order valence-electron chi connectivity index (χ2n) is 8.91. The van der Waals surface area contributed by atoms with Crippen molar-refractivity contribution in [2.45, 2.75) is 85.0 Å². The number of nitrogens with two attached hydrogens (primary N) is 2. The number of hydrogen-bond acceptors (Lipinski definition) is 6. The Bertz CT molecular complexity index is 609. The zero-order chi connectivity index (χ0) is 24.3. The van der Waals surface area contributed by atoms with Crippen molar-refractivity contribution in [2.24, 2.45) is 29.2 Å². The van der Waals surface area contributed by atoms with Crippen LogP contribution in [0.3, 0.4) is 0 Å². The second-order valence-corrected chi connectivity index (χ2v) is 8.91. The van der Waals surface area contributed by atoms with E-state index in [1.165, 1.54) is 0 Å². The number of amides is 3. The van der Waals surface area contributed by atoms with E-state index in [0.29, 0.717) is 25.8 Å². The number of nitrogens with one attached hydrogen (secondary N) is 3. The molecular weight excluding hydrogens is 402 g/mol. The molecular formula is C21H41N5O5. The Morgan fingerprint density at radius 2 is 1.26 bits per heavy atom. The summed E-state index contributed by atoms with van der Waals surface area (Å²) in [4.78, 5) is 49.5. The standard InChI is InChI=1S/C21H41N5O5/c1-11(2)15(23)19(28)24-14(9-7-8-10-22)18(27)25-16(12(3)4)20(29)26-17(13(5)6)21(30)31/h11-17H,7-10,22-23H2,1-6H3,(H,24,28)(H,25,27)(H,26,29)(H,30,31). The fraction of sp³-hybridized carbons (Fsp3) is 0.810. The van der Waals surface area contributed by atoms with Gasteiger partial charge in [0.25, 0.3) is 0 Å². The van der Waals surface area contributed by atoms with Crippen LogP contribution < -0.4 is 27.4 Å². The van der Waals surface area contributed by atoms with Crippen LogP contribution in [-0.4, -0.2) is 59.5 Å². The molecule has 0 aromatic rings. The van der Waals surface area contributed by atoms with E-state index in [-0.39, 0.29) is 17.8 Å². The SMILES string of the molecule is CC(C)C(N)C(=O)NC(CCCCN)C(=O)NC(C(=O)NC(C(=O)O)C(C)C)C(C)C. The maximum Gasteiger partial charge on any atom is 0.326 e. The van der Waals surface area contributed by atoms with E-state index in [1.54, 1.807) is 41.5 Å². The predicted molar refractivity (Wildman–Crippen MR) is 119 cm³/mol. The van der Waals surface area contributed by atoms with Gasteiger partial charge in [0.2, 0.25) is 17.7 Å². The molecule has 4 atom stereocenters. The first kappa shape index (κ1) is 28.8. The minimum absolute atomic E-state index is 0.106. The minimum atomic E-state index is -1.15. The van der Waals surface area contributed by atoms with Gasteiger partial charge < -0.3 is 32.5 Å². The van der Waals surface area contributed by atoms with Crippen LogP contribution in [0, 0.1) is 17.8 Å². The summed E-state index contributed by atoms with van der Waals surface area (Å²) in [6, 6.07) is -3.68. The summed E-state index contributed by atoms with van der Waals surface area (Å²) < 4.78 is 0. The lowest BCUT2D eigenvalue weighted by Gasteiger charge is -2.28. The van der Waals surface area contributed by atoms with Crippen LogP contribution in [0.15, 0.2) is 0 Å². The zero-order valence-corrected chi connectivity index (χ0v) is 19.6. The number of carbonyl (C=O) groups excluding carboxylic acids is 3. The van der Waals surface area contributed by atoms with E-state index in [1.807, 2.05) is 0 Å². The Labute approximate surface area is 185 Å². The van der Waals surface area contributed by atoms with Crippen molar-refractivity contribution in [1.82, 2.24) is 16.0 Å². The van der Waals surface area contributed by atoms with Gasteiger partial charge in [-0.05, 0) is 43.6 Å². The number of rotatable bonds is 14. The first-order valence-corrected chi connectivity index (χ1v) is 10.9. The third-order valence-corrected chi connectivity index (χ3v) is 5.08. The first-order valence-electron chi connectivity index (χ1n) is 10.9. The van der Waals surface area contributed by atoms with Gasteiger partial charge in [-0.1, -0.05) is 41.5 Å². The molecule has 0 fully saturated rings. The largest absolute Gasteiger partial charge is 0.480 e. The molecule has 0 spiro atoms. The van der Waals surface area contributed by atoms with Crippen LogP contribution in [0.5, 0.6) is 0 Å². The average molecular weight is 444 g/mol. The molecule has 0 saturated carbocycles. The van der Waals surface area contributed by atoms with Gasteiger partial charge in [0, 0.05) is 0 Å². The molecule has 0 aromatic carbocycles. The topological polar surface area (TPSA) is 177 Å². The third kappa shape index (κ3) is 10.1. The van der Waals surface area contributed by atoms with E-state index in [0.717, 1.165) is 0 Å². The van der Waals surface area contributed by atoms with E-state index in [4.69, 9.17) is 11.5 Å². The molecule has 4 unspecified atom stereocenters. The highest BCUT2D eigenvalue weighted by molar-refractivity contribution is 5.94. The first-order chi connectivity index (χ1) is 14.3. The van der Waals surface area contributed by atoms with Crippen molar-refractivity contribution in [3.8, 4) is 0 Å². The number of carboxylic acids is 1. The Balaban J connectivity index is 5.42. The Morgan fingerprint density at radius 1 is 0.742 bits per heavy atom. The predicted octanol–water partition coefficient (Wildman–Crippen LogP) is -0.0503. The number of unbranched alkanes of at least 4 members (excludes halogenated alkanes) is 1. The highest BCUT2D eigenvalue weighted by atomic mass is 16.4. The van der Waals surface area contributed by atoms with Gasteiger partial charge in [-0.3, -0.25) is 14.4 Å². The Kier molecular flexibility index (Phi) is 13.0. The van der Waals surface area contributed by atoms with E-state index < -0.39 is 47.9 Å². The molecule has 0 aliphatic carbocycles. The van der Waals surface area contributed by atoms with Crippen molar-refractivity contribution >= 4 is 23.7 Å². The number of carboxylic acid groups (broad SMARTS) is 1. The molecule has 0 heterocycles. The number of hydrogen-bond donors (Lipinski definition) is 6. The van der Waals surface area contributed by atoms with Crippen LogP contribution in [0.25, 0.3) is 0 Å². The maximum atomic E-state index is 12.9. The molecule has 8 N–H and O–H groups in total. The smallest absolute Gasteiger partial charge is 0.326 e. The van der Waals surface area contributed by atoms with Gasteiger partial charge in [-0.25, -0.2) is 4.79 Å². The molecule has 0 rings (SSSR count). The fourth-order valence-electron chi connectivity index (χ4n) is 2.88. The normalized spacial score (nSPS) is 15.3. The summed E-state index contributed by atoms with van der Waals surface area (Å²) >= 11 is 0. The van der Waals surface area contributed by atoms with Crippen LogP contribution in [0.2, 0.25) is 0 Å². The Morgan fingerprint density at radius 3 is 1.68 bits per heavy atom. The minimum Gasteiger partial charge on any atom is -0.480 e. The molecule has 31 heavy (non-hydrogen) atoms. The lowest BCUT2D eigenvalue weighted by atomic mass is 9.99. The molecule has 0 aliphatic heterocycles. The molecule has 0 bridgehead atoms. The highest BCUT2D eigenvalue weighted by Crippen LogP contribution is 2.09. The summed E-state index contributed by atoms with van der Waals surface area (Å²) in [6.45, 7) is 10.9. The van der Waals surface area contributed by atoms with E-state index in [2.05, 4.69) is 16.0 Å². The molecule has 0 radical (unpaired) electrons. The van der Waals surface area contributed by atoms with Crippen LogP contribution >= 0.6 is 0 Å². The average Bonchev–Trinajstić information content (AvgIpc) is 2.67. The molecule has 10 nitrogen and oxygen atoms in total. The van der Waals surface area contributed by atoms with Gasteiger partial charge in [-0.15, -0.1) is 0 Å². The Hall–Kier alpha value is -2.20.